The van der Waals surface area contributed by atoms with Crippen molar-refractivity contribution in [3.8, 4) is 0 Å². The lowest BCUT2D eigenvalue weighted by atomic mass is 9.98. The standard InChI is InChI=1S/C15H18N2OS/c1-11(2)10-19-15-17-16-14(18-15)9-12(3)13-7-5-4-6-8-13/h4-8,12H,1,9-10H2,2-3H3. The minimum absolute atomic E-state index is 0.376. The smallest absolute Gasteiger partial charge is 0.276 e. The maximum Gasteiger partial charge on any atom is 0.276 e. The molecule has 1 aromatic heterocycles. The SMILES string of the molecule is C=C(C)CSc1nnc(CC(C)c2ccccc2)o1. The summed E-state index contributed by atoms with van der Waals surface area (Å²) in [6.45, 7) is 8.01. The van der Waals surface area contributed by atoms with Crippen molar-refractivity contribution in [3.05, 3.63) is 53.9 Å². The summed E-state index contributed by atoms with van der Waals surface area (Å²) in [7, 11) is 0. The van der Waals surface area contributed by atoms with E-state index >= 15 is 0 Å². The Morgan fingerprint density at radius 1 is 1.32 bits per heavy atom. The molecule has 0 fully saturated rings. The van der Waals surface area contributed by atoms with Crippen LogP contribution < -0.4 is 0 Å². The van der Waals surface area contributed by atoms with Crippen LogP contribution in [0.4, 0.5) is 0 Å². The lowest BCUT2D eigenvalue weighted by molar-refractivity contribution is 0.405. The van der Waals surface area contributed by atoms with E-state index in [2.05, 4.69) is 35.8 Å². The van der Waals surface area contributed by atoms with Gasteiger partial charge < -0.3 is 4.42 Å². The highest BCUT2D eigenvalue weighted by molar-refractivity contribution is 7.99. The second kappa shape index (κ2) is 6.57. The van der Waals surface area contributed by atoms with Gasteiger partial charge in [0.1, 0.15) is 0 Å². The van der Waals surface area contributed by atoms with E-state index in [1.165, 1.54) is 17.3 Å². The molecular formula is C15H18N2OS. The topological polar surface area (TPSA) is 38.9 Å². The Hall–Kier alpha value is -1.55. The minimum atomic E-state index is 0.376. The van der Waals surface area contributed by atoms with Gasteiger partial charge in [-0.25, -0.2) is 0 Å². The Morgan fingerprint density at radius 2 is 2.05 bits per heavy atom. The van der Waals surface area contributed by atoms with Gasteiger partial charge in [-0.2, -0.15) is 0 Å². The summed E-state index contributed by atoms with van der Waals surface area (Å²) in [5.41, 5.74) is 2.39. The van der Waals surface area contributed by atoms with Gasteiger partial charge in [0.15, 0.2) is 0 Å². The molecule has 1 heterocycles. The van der Waals surface area contributed by atoms with Gasteiger partial charge in [-0.15, -0.1) is 10.2 Å². The third-order valence-electron chi connectivity index (χ3n) is 2.74. The Kier molecular flexibility index (Phi) is 4.80. The highest BCUT2D eigenvalue weighted by Gasteiger charge is 2.12. The molecule has 0 aliphatic carbocycles. The predicted octanol–water partition coefficient (Wildman–Crippen LogP) is 4.08. The van der Waals surface area contributed by atoms with E-state index < -0.39 is 0 Å². The van der Waals surface area contributed by atoms with Crippen LogP contribution in [0.2, 0.25) is 0 Å². The Morgan fingerprint density at radius 3 is 2.74 bits per heavy atom. The summed E-state index contributed by atoms with van der Waals surface area (Å²) in [6, 6.07) is 10.4. The number of nitrogens with zero attached hydrogens (tertiary/aromatic N) is 2. The zero-order valence-corrected chi connectivity index (χ0v) is 12.1. The molecule has 0 aliphatic rings. The number of aromatic nitrogens is 2. The van der Waals surface area contributed by atoms with Crippen LogP contribution in [0.5, 0.6) is 0 Å². The molecule has 0 aliphatic heterocycles. The second-order valence-corrected chi connectivity index (χ2v) is 5.65. The van der Waals surface area contributed by atoms with E-state index in [4.69, 9.17) is 4.42 Å². The van der Waals surface area contributed by atoms with Crippen LogP contribution in [-0.4, -0.2) is 16.0 Å². The monoisotopic (exact) mass is 274 g/mol. The molecule has 0 amide bonds. The largest absolute Gasteiger partial charge is 0.416 e. The molecule has 0 N–H and O–H groups in total. The maximum atomic E-state index is 5.63. The molecule has 1 atom stereocenters. The molecule has 0 radical (unpaired) electrons. The fraction of sp³-hybridized carbons (Fsp3) is 0.333. The van der Waals surface area contributed by atoms with E-state index in [0.717, 1.165) is 17.7 Å². The number of hydrogen-bond donors (Lipinski definition) is 0. The van der Waals surface area contributed by atoms with Gasteiger partial charge in [0.05, 0.1) is 0 Å². The third kappa shape index (κ3) is 4.24. The first kappa shape index (κ1) is 13.9. The normalized spacial score (nSPS) is 12.3. The van der Waals surface area contributed by atoms with Gasteiger partial charge in [0.25, 0.3) is 5.22 Å². The molecule has 2 aromatic rings. The van der Waals surface area contributed by atoms with Crippen LogP contribution in [-0.2, 0) is 6.42 Å². The van der Waals surface area contributed by atoms with Crippen molar-refractivity contribution in [3.63, 3.8) is 0 Å². The van der Waals surface area contributed by atoms with Crippen LogP contribution in [0.25, 0.3) is 0 Å². The van der Waals surface area contributed by atoms with E-state index in [1.807, 2.05) is 25.1 Å². The first-order valence-corrected chi connectivity index (χ1v) is 7.28. The summed E-state index contributed by atoms with van der Waals surface area (Å²) in [5.74, 6) is 1.89. The van der Waals surface area contributed by atoms with Crippen molar-refractivity contribution in [1.29, 1.82) is 0 Å². The molecule has 0 bridgehead atoms. The molecule has 100 valence electrons. The van der Waals surface area contributed by atoms with Gasteiger partial charge in [0, 0.05) is 12.2 Å². The zero-order valence-electron chi connectivity index (χ0n) is 11.3. The van der Waals surface area contributed by atoms with E-state index in [0.29, 0.717) is 17.0 Å². The Balaban J connectivity index is 1.94. The number of benzene rings is 1. The van der Waals surface area contributed by atoms with Crippen molar-refractivity contribution < 1.29 is 4.42 Å². The van der Waals surface area contributed by atoms with Crippen molar-refractivity contribution >= 4 is 11.8 Å². The van der Waals surface area contributed by atoms with Gasteiger partial charge in [-0.05, 0) is 18.4 Å². The number of thioether (sulfide) groups is 1. The lowest BCUT2D eigenvalue weighted by Crippen LogP contribution is -1.98. The number of rotatable bonds is 6. The maximum absolute atomic E-state index is 5.63. The minimum Gasteiger partial charge on any atom is -0.416 e. The molecular weight excluding hydrogens is 256 g/mol. The first-order chi connectivity index (χ1) is 9.15. The van der Waals surface area contributed by atoms with Crippen molar-refractivity contribution in [2.24, 2.45) is 0 Å². The molecule has 1 unspecified atom stereocenters. The molecule has 0 spiro atoms. The van der Waals surface area contributed by atoms with Crippen LogP contribution in [0.3, 0.4) is 0 Å². The first-order valence-electron chi connectivity index (χ1n) is 6.29. The summed E-state index contributed by atoms with van der Waals surface area (Å²) in [6.07, 6.45) is 0.768. The molecule has 0 saturated carbocycles. The van der Waals surface area contributed by atoms with Crippen LogP contribution in [0.1, 0.15) is 31.2 Å². The number of hydrogen-bond acceptors (Lipinski definition) is 4. The molecule has 2 rings (SSSR count). The fourth-order valence-electron chi connectivity index (χ4n) is 1.73. The fourth-order valence-corrected chi connectivity index (χ4v) is 2.35. The zero-order chi connectivity index (χ0) is 13.7. The Bertz CT molecular complexity index is 536. The highest BCUT2D eigenvalue weighted by atomic mass is 32.2. The average molecular weight is 274 g/mol. The van der Waals surface area contributed by atoms with Gasteiger partial charge >= 0.3 is 0 Å². The second-order valence-electron chi connectivity index (χ2n) is 4.72. The van der Waals surface area contributed by atoms with Gasteiger partial charge in [-0.3, -0.25) is 0 Å². The van der Waals surface area contributed by atoms with Crippen molar-refractivity contribution in [2.75, 3.05) is 5.75 Å². The average Bonchev–Trinajstić information content (AvgIpc) is 2.85. The summed E-state index contributed by atoms with van der Waals surface area (Å²) in [4.78, 5) is 0. The predicted molar refractivity (Wildman–Crippen MR) is 78.4 cm³/mol. The highest BCUT2D eigenvalue weighted by Crippen LogP contribution is 2.22. The third-order valence-corrected chi connectivity index (χ3v) is 3.79. The Labute approximate surface area is 118 Å². The molecule has 4 heteroatoms. The summed E-state index contributed by atoms with van der Waals surface area (Å²) >= 11 is 1.53. The van der Waals surface area contributed by atoms with Crippen LogP contribution >= 0.6 is 11.8 Å². The molecule has 0 saturated heterocycles. The van der Waals surface area contributed by atoms with Crippen molar-refractivity contribution in [2.45, 2.75) is 31.4 Å². The lowest BCUT2D eigenvalue weighted by Gasteiger charge is -2.08. The molecule has 19 heavy (non-hydrogen) atoms. The van der Waals surface area contributed by atoms with E-state index in [-0.39, 0.29) is 0 Å². The van der Waals surface area contributed by atoms with Crippen LogP contribution in [0, 0.1) is 0 Å². The van der Waals surface area contributed by atoms with E-state index in [9.17, 15) is 0 Å². The summed E-state index contributed by atoms with van der Waals surface area (Å²) in [5, 5.41) is 8.76. The van der Waals surface area contributed by atoms with E-state index in [1.54, 1.807) is 0 Å². The van der Waals surface area contributed by atoms with Crippen LogP contribution in [0.15, 0.2) is 52.1 Å². The van der Waals surface area contributed by atoms with Crippen molar-refractivity contribution in [1.82, 2.24) is 10.2 Å². The summed E-state index contributed by atoms with van der Waals surface area (Å²) < 4.78 is 5.63. The quantitative estimate of drug-likeness (QED) is 0.587. The molecule has 3 nitrogen and oxygen atoms in total. The van der Waals surface area contributed by atoms with Gasteiger partial charge in [0.2, 0.25) is 5.89 Å². The van der Waals surface area contributed by atoms with Gasteiger partial charge in [-0.1, -0.05) is 61.2 Å². The molecule has 1 aromatic carbocycles.